The third kappa shape index (κ3) is 1.85. The quantitative estimate of drug-likeness (QED) is 0.857. The lowest BCUT2D eigenvalue weighted by Gasteiger charge is -2.54. The summed E-state index contributed by atoms with van der Waals surface area (Å²) in [5, 5.41) is 0. The molecule has 1 aromatic rings. The molecule has 0 aliphatic heterocycles. The van der Waals surface area contributed by atoms with Gasteiger partial charge in [0.2, 0.25) is 0 Å². The molecular formula is C16H25N3. The van der Waals surface area contributed by atoms with E-state index in [9.17, 15) is 0 Å². The molecule has 0 spiro atoms. The zero-order valence-corrected chi connectivity index (χ0v) is 12.0. The lowest BCUT2D eigenvalue weighted by Crippen LogP contribution is -2.44. The van der Waals surface area contributed by atoms with Crippen molar-refractivity contribution in [1.82, 2.24) is 9.97 Å². The number of imidazole rings is 1. The first kappa shape index (κ1) is 12.0. The van der Waals surface area contributed by atoms with Crippen molar-refractivity contribution in [3.63, 3.8) is 0 Å². The van der Waals surface area contributed by atoms with E-state index in [0.29, 0.717) is 0 Å². The van der Waals surface area contributed by atoms with Gasteiger partial charge >= 0.3 is 0 Å². The Morgan fingerprint density at radius 2 is 1.68 bits per heavy atom. The molecule has 4 bridgehead atoms. The van der Waals surface area contributed by atoms with Gasteiger partial charge in [-0.25, -0.2) is 4.98 Å². The molecule has 0 amide bonds. The van der Waals surface area contributed by atoms with E-state index in [0.717, 1.165) is 35.4 Å². The predicted octanol–water partition coefficient (Wildman–Crippen LogP) is 3.14. The maximum absolute atomic E-state index is 6.15. The molecule has 3 nitrogen and oxygen atoms in total. The minimum atomic E-state index is -0.357. The molecule has 104 valence electrons. The van der Waals surface area contributed by atoms with Crippen molar-refractivity contribution in [3.05, 3.63) is 17.7 Å². The van der Waals surface area contributed by atoms with Crippen LogP contribution in [0.5, 0.6) is 0 Å². The summed E-state index contributed by atoms with van der Waals surface area (Å²) in [6.07, 6.45) is 9.41. The summed E-state index contributed by atoms with van der Waals surface area (Å²) in [4.78, 5) is 8.08. The third-order valence-corrected chi connectivity index (χ3v) is 5.79. The van der Waals surface area contributed by atoms with Crippen molar-refractivity contribution in [3.8, 4) is 0 Å². The predicted molar refractivity (Wildman–Crippen MR) is 75.6 cm³/mol. The molecule has 4 fully saturated rings. The number of nitrogens with zero attached hydrogens (tertiary/aromatic N) is 1. The molecule has 0 aromatic carbocycles. The number of nitrogens with one attached hydrogen (secondary N) is 1. The van der Waals surface area contributed by atoms with Crippen molar-refractivity contribution in [2.45, 2.75) is 57.4 Å². The minimum Gasteiger partial charge on any atom is -0.344 e. The van der Waals surface area contributed by atoms with E-state index in [2.05, 4.69) is 16.2 Å². The summed E-state index contributed by atoms with van der Waals surface area (Å²) in [5.41, 5.74) is 7.16. The van der Waals surface area contributed by atoms with Crippen LogP contribution in [0, 0.1) is 23.7 Å². The highest BCUT2D eigenvalue weighted by molar-refractivity contribution is 5.18. The summed E-state index contributed by atoms with van der Waals surface area (Å²) < 4.78 is 0. The molecule has 4 aliphatic rings. The molecule has 3 heteroatoms. The number of hydrogen-bond donors (Lipinski definition) is 2. The molecule has 0 radical (unpaired) electrons. The maximum atomic E-state index is 6.15. The first-order chi connectivity index (χ1) is 9.00. The van der Waals surface area contributed by atoms with Crippen molar-refractivity contribution in [1.29, 1.82) is 0 Å². The Morgan fingerprint density at radius 3 is 2.16 bits per heavy atom. The van der Waals surface area contributed by atoms with Crippen LogP contribution in [0.15, 0.2) is 6.20 Å². The van der Waals surface area contributed by atoms with Gasteiger partial charge in [-0.05, 0) is 69.6 Å². The van der Waals surface area contributed by atoms with Crippen LogP contribution >= 0.6 is 0 Å². The van der Waals surface area contributed by atoms with Gasteiger partial charge in [0.05, 0.1) is 5.54 Å². The van der Waals surface area contributed by atoms with E-state index < -0.39 is 0 Å². The second kappa shape index (κ2) is 3.85. The third-order valence-electron chi connectivity index (χ3n) is 5.79. The van der Waals surface area contributed by atoms with Crippen LogP contribution in [0.25, 0.3) is 0 Å². The molecule has 1 aromatic heterocycles. The average Bonchev–Trinajstić information content (AvgIpc) is 2.76. The Balaban J connectivity index is 1.64. The molecular weight excluding hydrogens is 234 g/mol. The molecule has 4 saturated carbocycles. The molecule has 19 heavy (non-hydrogen) atoms. The van der Waals surface area contributed by atoms with Crippen LogP contribution < -0.4 is 5.73 Å². The molecule has 4 aliphatic carbocycles. The van der Waals surface area contributed by atoms with Crippen LogP contribution in [-0.2, 0) is 5.54 Å². The van der Waals surface area contributed by atoms with Crippen molar-refractivity contribution in [2.24, 2.45) is 29.4 Å². The first-order valence-corrected chi connectivity index (χ1v) is 7.85. The molecule has 1 heterocycles. The van der Waals surface area contributed by atoms with E-state index in [4.69, 9.17) is 5.73 Å². The topological polar surface area (TPSA) is 54.7 Å². The van der Waals surface area contributed by atoms with E-state index in [1.165, 1.54) is 37.8 Å². The van der Waals surface area contributed by atoms with Gasteiger partial charge in [0.15, 0.2) is 0 Å². The standard InChI is InChI=1S/C16H25N3/c1-16(2,17)15-18-8-13(19-15)14-11-4-9-3-10(6-11)7-12(14)5-9/h8-12,14H,3-7,17H2,1-2H3,(H,18,19). The largest absolute Gasteiger partial charge is 0.344 e. The Labute approximate surface area is 115 Å². The lowest BCUT2D eigenvalue weighted by molar-refractivity contribution is -0.00408. The van der Waals surface area contributed by atoms with Gasteiger partial charge in [-0.1, -0.05) is 0 Å². The molecule has 0 saturated heterocycles. The zero-order valence-electron chi connectivity index (χ0n) is 12.0. The van der Waals surface area contributed by atoms with Gasteiger partial charge in [0, 0.05) is 17.8 Å². The van der Waals surface area contributed by atoms with Gasteiger partial charge < -0.3 is 10.7 Å². The average molecular weight is 259 g/mol. The van der Waals surface area contributed by atoms with Gasteiger partial charge in [-0.15, -0.1) is 0 Å². The molecule has 3 N–H and O–H groups in total. The first-order valence-electron chi connectivity index (χ1n) is 7.85. The summed E-state index contributed by atoms with van der Waals surface area (Å²) in [7, 11) is 0. The van der Waals surface area contributed by atoms with Crippen molar-refractivity contribution in [2.75, 3.05) is 0 Å². The molecule has 0 unspecified atom stereocenters. The molecule has 0 atom stereocenters. The normalized spacial score (nSPS) is 40.9. The lowest BCUT2D eigenvalue weighted by atomic mass is 9.51. The zero-order chi connectivity index (χ0) is 13.2. The van der Waals surface area contributed by atoms with Crippen molar-refractivity contribution < 1.29 is 0 Å². The van der Waals surface area contributed by atoms with Gasteiger partial charge in [0.25, 0.3) is 0 Å². The highest BCUT2D eigenvalue weighted by Crippen LogP contribution is 2.59. The second-order valence-corrected chi connectivity index (χ2v) is 7.87. The number of aromatic nitrogens is 2. The van der Waals surface area contributed by atoms with Crippen molar-refractivity contribution >= 4 is 0 Å². The van der Waals surface area contributed by atoms with Crippen LogP contribution in [0.1, 0.15) is 63.4 Å². The number of rotatable bonds is 2. The summed E-state index contributed by atoms with van der Waals surface area (Å²) in [5.74, 6) is 5.56. The Hall–Kier alpha value is -0.830. The molecule has 5 rings (SSSR count). The number of nitrogens with two attached hydrogens (primary N) is 1. The smallest absolute Gasteiger partial charge is 0.125 e. The number of H-pyrrole nitrogens is 1. The number of hydrogen-bond acceptors (Lipinski definition) is 2. The fourth-order valence-electron chi connectivity index (χ4n) is 5.27. The van der Waals surface area contributed by atoms with Crippen LogP contribution in [0.4, 0.5) is 0 Å². The fourth-order valence-corrected chi connectivity index (χ4v) is 5.27. The highest BCUT2D eigenvalue weighted by Gasteiger charge is 2.49. The van der Waals surface area contributed by atoms with Gasteiger partial charge in [0.1, 0.15) is 5.82 Å². The second-order valence-electron chi connectivity index (χ2n) is 7.87. The van der Waals surface area contributed by atoms with E-state index in [1.54, 1.807) is 0 Å². The van der Waals surface area contributed by atoms with Crippen LogP contribution in [0.3, 0.4) is 0 Å². The highest BCUT2D eigenvalue weighted by atomic mass is 15.0. The Bertz CT molecular complexity index is 454. The van der Waals surface area contributed by atoms with Gasteiger partial charge in [-0.2, -0.15) is 0 Å². The fraction of sp³-hybridized carbons (Fsp3) is 0.812. The number of aromatic amines is 1. The minimum absolute atomic E-state index is 0.357. The van der Waals surface area contributed by atoms with Gasteiger partial charge in [-0.3, -0.25) is 0 Å². The van der Waals surface area contributed by atoms with Crippen LogP contribution in [0.2, 0.25) is 0 Å². The summed E-state index contributed by atoms with van der Waals surface area (Å²) in [6.45, 7) is 4.04. The van der Waals surface area contributed by atoms with E-state index >= 15 is 0 Å². The van der Waals surface area contributed by atoms with Crippen LogP contribution in [-0.4, -0.2) is 9.97 Å². The Kier molecular flexibility index (Phi) is 2.42. The summed E-state index contributed by atoms with van der Waals surface area (Å²) in [6, 6.07) is 0. The Morgan fingerprint density at radius 1 is 1.11 bits per heavy atom. The summed E-state index contributed by atoms with van der Waals surface area (Å²) >= 11 is 0. The maximum Gasteiger partial charge on any atom is 0.125 e. The monoisotopic (exact) mass is 259 g/mol. The van der Waals surface area contributed by atoms with E-state index in [-0.39, 0.29) is 5.54 Å². The van der Waals surface area contributed by atoms with E-state index in [1.807, 2.05) is 13.8 Å². The SMILES string of the molecule is CC(C)(N)c1ncc(C2C3CC4CC(C3)CC2C4)[nH]1.